The van der Waals surface area contributed by atoms with Crippen LogP contribution in [0.15, 0.2) is 18.2 Å². The van der Waals surface area contributed by atoms with Gasteiger partial charge in [0.25, 0.3) is 0 Å². The fourth-order valence-electron chi connectivity index (χ4n) is 1.40. The van der Waals surface area contributed by atoms with Crippen LogP contribution in [0.3, 0.4) is 0 Å². The summed E-state index contributed by atoms with van der Waals surface area (Å²) in [5.41, 5.74) is 0.642. The zero-order valence-electron chi connectivity index (χ0n) is 11.0. The summed E-state index contributed by atoms with van der Waals surface area (Å²) >= 11 is 0. The van der Waals surface area contributed by atoms with Gasteiger partial charge in [-0.2, -0.15) is 0 Å². The van der Waals surface area contributed by atoms with Crippen LogP contribution in [-0.2, 0) is 9.53 Å². The maximum Gasteiger partial charge on any atom is 0.221 e. The molecule has 0 spiro atoms. The van der Waals surface area contributed by atoms with Crippen molar-refractivity contribution in [3.05, 3.63) is 18.2 Å². The third-order valence-corrected chi connectivity index (χ3v) is 2.12. The Morgan fingerprint density at radius 3 is 2.67 bits per heavy atom. The Kier molecular flexibility index (Phi) is 6.00. The number of benzene rings is 1. The Balaban J connectivity index is 2.78. The number of ether oxygens (including phenoxy) is 3. The third-order valence-electron chi connectivity index (χ3n) is 2.12. The maximum absolute atomic E-state index is 11.1. The maximum atomic E-state index is 11.1. The summed E-state index contributed by atoms with van der Waals surface area (Å²) in [6.45, 7) is 4.86. The molecular formula is C13H19NO4. The van der Waals surface area contributed by atoms with Crippen LogP contribution in [0.1, 0.15) is 13.8 Å². The van der Waals surface area contributed by atoms with Crippen LogP contribution in [0.4, 0.5) is 5.69 Å². The summed E-state index contributed by atoms with van der Waals surface area (Å²) in [5.74, 6) is 1.15. The Hall–Kier alpha value is -1.75. The van der Waals surface area contributed by atoms with E-state index in [2.05, 4.69) is 5.32 Å². The molecule has 0 fully saturated rings. The Morgan fingerprint density at radius 1 is 1.28 bits per heavy atom. The van der Waals surface area contributed by atoms with Gasteiger partial charge in [0.2, 0.25) is 5.91 Å². The minimum atomic E-state index is -0.135. The molecule has 0 atom stereocenters. The van der Waals surface area contributed by atoms with Crippen LogP contribution < -0.4 is 14.8 Å². The number of hydrogen-bond acceptors (Lipinski definition) is 4. The zero-order valence-corrected chi connectivity index (χ0v) is 11.0. The molecule has 0 aliphatic rings. The van der Waals surface area contributed by atoms with Crippen LogP contribution in [0.2, 0.25) is 0 Å². The molecule has 5 heteroatoms. The second-order valence-electron chi connectivity index (χ2n) is 3.61. The van der Waals surface area contributed by atoms with Gasteiger partial charge in [-0.05, 0) is 19.1 Å². The van der Waals surface area contributed by atoms with Gasteiger partial charge < -0.3 is 19.5 Å². The predicted octanol–water partition coefficient (Wildman–Crippen LogP) is 2.07. The van der Waals surface area contributed by atoms with E-state index >= 15 is 0 Å². The van der Waals surface area contributed by atoms with Gasteiger partial charge in [-0.25, -0.2) is 0 Å². The number of methoxy groups -OCH3 is 1. The first-order valence-corrected chi connectivity index (χ1v) is 5.83. The largest absolute Gasteiger partial charge is 0.492 e. The lowest BCUT2D eigenvalue weighted by atomic mass is 10.2. The number of amides is 1. The molecule has 0 aliphatic heterocycles. The molecule has 0 bridgehead atoms. The number of rotatable bonds is 7. The predicted molar refractivity (Wildman–Crippen MR) is 69.3 cm³/mol. The monoisotopic (exact) mass is 253 g/mol. The number of carbonyl (C=O) groups is 1. The van der Waals surface area contributed by atoms with E-state index in [-0.39, 0.29) is 5.91 Å². The molecule has 0 unspecified atom stereocenters. The van der Waals surface area contributed by atoms with E-state index in [1.807, 2.05) is 6.92 Å². The molecule has 100 valence electrons. The lowest BCUT2D eigenvalue weighted by molar-refractivity contribution is -0.114. The van der Waals surface area contributed by atoms with Gasteiger partial charge in [-0.1, -0.05) is 0 Å². The first-order chi connectivity index (χ1) is 8.67. The standard InChI is InChI=1S/C13H19NO4/c1-4-17-13-9-11(18-8-7-16-3)5-6-12(13)14-10(2)15/h5-6,9H,4,7-8H2,1-3H3,(H,14,15). The minimum absolute atomic E-state index is 0.135. The summed E-state index contributed by atoms with van der Waals surface area (Å²) < 4.78 is 15.8. The summed E-state index contributed by atoms with van der Waals surface area (Å²) in [5, 5.41) is 2.71. The summed E-state index contributed by atoms with van der Waals surface area (Å²) in [4.78, 5) is 11.1. The van der Waals surface area contributed by atoms with E-state index in [0.29, 0.717) is 37.0 Å². The summed E-state index contributed by atoms with van der Waals surface area (Å²) in [7, 11) is 1.62. The van der Waals surface area contributed by atoms with Gasteiger partial charge >= 0.3 is 0 Å². The highest BCUT2D eigenvalue weighted by Crippen LogP contribution is 2.29. The average Bonchev–Trinajstić information content (AvgIpc) is 2.32. The lowest BCUT2D eigenvalue weighted by Crippen LogP contribution is -2.09. The molecule has 1 aromatic rings. The van der Waals surface area contributed by atoms with Crippen LogP contribution in [0.5, 0.6) is 11.5 Å². The Bertz CT molecular complexity index is 393. The van der Waals surface area contributed by atoms with Gasteiger partial charge in [-0.15, -0.1) is 0 Å². The van der Waals surface area contributed by atoms with Crippen molar-refractivity contribution in [1.82, 2.24) is 0 Å². The van der Waals surface area contributed by atoms with E-state index < -0.39 is 0 Å². The molecule has 1 aromatic carbocycles. The van der Waals surface area contributed by atoms with Gasteiger partial charge in [0.1, 0.15) is 18.1 Å². The van der Waals surface area contributed by atoms with E-state index in [1.165, 1.54) is 6.92 Å². The first-order valence-electron chi connectivity index (χ1n) is 5.83. The van der Waals surface area contributed by atoms with Crippen molar-refractivity contribution in [2.75, 3.05) is 32.2 Å². The molecule has 1 amide bonds. The number of nitrogens with one attached hydrogen (secondary N) is 1. The smallest absolute Gasteiger partial charge is 0.221 e. The highest BCUT2D eigenvalue weighted by atomic mass is 16.5. The first kappa shape index (κ1) is 14.3. The fraction of sp³-hybridized carbons (Fsp3) is 0.462. The van der Waals surface area contributed by atoms with Crippen molar-refractivity contribution >= 4 is 11.6 Å². The topological polar surface area (TPSA) is 56.8 Å². The van der Waals surface area contributed by atoms with Crippen molar-refractivity contribution in [2.24, 2.45) is 0 Å². The molecule has 18 heavy (non-hydrogen) atoms. The average molecular weight is 253 g/mol. The van der Waals surface area contributed by atoms with Crippen LogP contribution >= 0.6 is 0 Å². The molecular weight excluding hydrogens is 234 g/mol. The molecule has 0 heterocycles. The zero-order chi connectivity index (χ0) is 13.4. The van der Waals surface area contributed by atoms with Crippen molar-refractivity contribution in [3.63, 3.8) is 0 Å². The summed E-state index contributed by atoms with van der Waals surface area (Å²) in [6, 6.07) is 5.29. The fourth-order valence-corrected chi connectivity index (χ4v) is 1.40. The normalized spacial score (nSPS) is 9.94. The van der Waals surface area contributed by atoms with Gasteiger partial charge in [0.05, 0.1) is 18.9 Å². The highest BCUT2D eigenvalue weighted by Gasteiger charge is 2.07. The van der Waals surface area contributed by atoms with Crippen LogP contribution in [-0.4, -0.2) is 32.8 Å². The highest BCUT2D eigenvalue weighted by molar-refractivity contribution is 5.90. The van der Waals surface area contributed by atoms with Gasteiger partial charge in [-0.3, -0.25) is 4.79 Å². The van der Waals surface area contributed by atoms with E-state index in [4.69, 9.17) is 14.2 Å². The molecule has 1 rings (SSSR count). The summed E-state index contributed by atoms with van der Waals surface area (Å²) in [6.07, 6.45) is 0. The van der Waals surface area contributed by atoms with E-state index in [1.54, 1.807) is 25.3 Å². The molecule has 0 aromatic heterocycles. The van der Waals surface area contributed by atoms with E-state index in [9.17, 15) is 4.79 Å². The minimum Gasteiger partial charge on any atom is -0.492 e. The van der Waals surface area contributed by atoms with Crippen molar-refractivity contribution in [1.29, 1.82) is 0 Å². The molecule has 0 saturated heterocycles. The molecule has 1 N–H and O–H groups in total. The molecule has 0 radical (unpaired) electrons. The van der Waals surface area contributed by atoms with Crippen molar-refractivity contribution < 1.29 is 19.0 Å². The third kappa shape index (κ3) is 4.63. The Labute approximate surface area is 107 Å². The van der Waals surface area contributed by atoms with Gasteiger partial charge in [0.15, 0.2) is 0 Å². The van der Waals surface area contributed by atoms with Gasteiger partial charge in [0, 0.05) is 20.1 Å². The SMILES string of the molecule is CCOc1cc(OCCOC)ccc1NC(C)=O. The lowest BCUT2D eigenvalue weighted by Gasteiger charge is -2.13. The number of anilines is 1. The second-order valence-corrected chi connectivity index (χ2v) is 3.61. The molecule has 0 saturated carbocycles. The number of hydrogen-bond donors (Lipinski definition) is 1. The second kappa shape index (κ2) is 7.55. The quantitative estimate of drug-likeness (QED) is 0.756. The van der Waals surface area contributed by atoms with Crippen molar-refractivity contribution in [2.45, 2.75) is 13.8 Å². The van der Waals surface area contributed by atoms with E-state index in [0.717, 1.165) is 0 Å². The molecule has 0 aliphatic carbocycles. The number of carbonyl (C=O) groups excluding carboxylic acids is 1. The Morgan fingerprint density at radius 2 is 2.06 bits per heavy atom. The van der Waals surface area contributed by atoms with Crippen LogP contribution in [0.25, 0.3) is 0 Å². The van der Waals surface area contributed by atoms with Crippen molar-refractivity contribution in [3.8, 4) is 11.5 Å². The molecule has 5 nitrogen and oxygen atoms in total. The van der Waals surface area contributed by atoms with Crippen LogP contribution in [0, 0.1) is 0 Å².